The van der Waals surface area contributed by atoms with Crippen LogP contribution in [0.25, 0.3) is 16.8 Å². The first-order chi connectivity index (χ1) is 15.5. The number of methoxy groups -OCH3 is 1. The van der Waals surface area contributed by atoms with Crippen LogP contribution >= 0.6 is 23.4 Å². The van der Waals surface area contributed by atoms with Gasteiger partial charge in [0.2, 0.25) is 0 Å². The highest BCUT2D eigenvalue weighted by atomic mass is 35.5. The average molecular weight is 464 g/mol. The maximum Gasteiger partial charge on any atom is 0.293 e. The first-order valence-corrected chi connectivity index (χ1v) is 10.9. The molecule has 1 aliphatic heterocycles. The molecule has 0 aliphatic carbocycles. The van der Waals surface area contributed by atoms with E-state index in [1.807, 2.05) is 42.5 Å². The van der Waals surface area contributed by atoms with Crippen molar-refractivity contribution in [3.63, 3.8) is 0 Å². The third-order valence-electron chi connectivity index (χ3n) is 4.88. The molecule has 7 heteroatoms. The number of amides is 2. The van der Waals surface area contributed by atoms with E-state index in [0.717, 1.165) is 28.1 Å². The van der Waals surface area contributed by atoms with Gasteiger partial charge in [0.25, 0.3) is 11.1 Å². The Kier molecular flexibility index (Phi) is 6.40. The van der Waals surface area contributed by atoms with Crippen molar-refractivity contribution in [2.75, 3.05) is 13.7 Å². The number of halogens is 1. The Morgan fingerprint density at radius 3 is 2.66 bits per heavy atom. The summed E-state index contributed by atoms with van der Waals surface area (Å²) in [5, 5.41) is 2.13. The Morgan fingerprint density at radius 2 is 1.91 bits per heavy atom. The van der Waals surface area contributed by atoms with E-state index in [9.17, 15) is 9.59 Å². The monoisotopic (exact) mass is 463 g/mol. The molecule has 0 spiro atoms. The largest absolute Gasteiger partial charge is 0.493 e. The van der Waals surface area contributed by atoms with Gasteiger partial charge in [0.05, 0.1) is 23.6 Å². The van der Waals surface area contributed by atoms with E-state index in [1.54, 1.807) is 18.2 Å². The van der Waals surface area contributed by atoms with Gasteiger partial charge in [-0.1, -0.05) is 53.9 Å². The lowest BCUT2D eigenvalue weighted by Crippen LogP contribution is -2.27. The van der Waals surface area contributed by atoms with Crippen molar-refractivity contribution < 1.29 is 19.1 Å². The molecule has 0 aromatic heterocycles. The van der Waals surface area contributed by atoms with Crippen molar-refractivity contribution in [1.29, 1.82) is 0 Å². The number of ether oxygens (including phenoxy) is 2. The van der Waals surface area contributed by atoms with E-state index >= 15 is 0 Å². The summed E-state index contributed by atoms with van der Waals surface area (Å²) in [6.07, 6.45) is 6.85. The maximum absolute atomic E-state index is 12.9. The number of benzene rings is 3. The summed E-state index contributed by atoms with van der Waals surface area (Å²) >= 11 is 7.21. The number of carbonyl (C=O) groups is 2. The van der Waals surface area contributed by atoms with Crippen LogP contribution in [0.15, 0.2) is 59.5 Å². The van der Waals surface area contributed by atoms with Crippen LogP contribution in [0, 0.1) is 12.3 Å². The molecule has 1 aliphatic rings. The average Bonchev–Trinajstić information content (AvgIpc) is 3.05. The number of carbonyl (C=O) groups excluding carboxylic acids is 2. The van der Waals surface area contributed by atoms with Gasteiger partial charge in [-0.05, 0) is 57.9 Å². The molecule has 1 heterocycles. The number of fused-ring (bicyclic) bond motifs is 1. The standard InChI is InChI=1S/C25H18ClNO4S/c1-3-10-31-23-20(26)12-17(13-21(23)30-2)14-22-24(28)27(25(29)32-22)15-16-8-9-18-6-4-5-7-19(18)11-16/h1,4-9,11-14H,10,15H2,2H3/b22-14-. The first-order valence-electron chi connectivity index (χ1n) is 9.67. The number of hydrogen-bond acceptors (Lipinski definition) is 5. The second-order valence-electron chi connectivity index (χ2n) is 6.98. The number of terminal acetylenes is 1. The van der Waals surface area contributed by atoms with E-state index in [-0.39, 0.29) is 24.3 Å². The summed E-state index contributed by atoms with van der Waals surface area (Å²) in [5.74, 6) is 2.73. The van der Waals surface area contributed by atoms with Crippen molar-refractivity contribution in [2.24, 2.45) is 0 Å². The molecule has 2 amide bonds. The molecular weight excluding hydrogens is 446 g/mol. The topological polar surface area (TPSA) is 55.8 Å². The fourth-order valence-corrected chi connectivity index (χ4v) is 4.50. The second-order valence-corrected chi connectivity index (χ2v) is 8.38. The smallest absolute Gasteiger partial charge is 0.293 e. The van der Waals surface area contributed by atoms with Crippen LogP contribution in [0.5, 0.6) is 11.5 Å². The molecular formula is C25H18ClNO4S. The molecule has 3 aromatic rings. The minimum atomic E-state index is -0.351. The van der Waals surface area contributed by atoms with Crippen molar-refractivity contribution in [3.8, 4) is 23.8 Å². The summed E-state index contributed by atoms with van der Waals surface area (Å²) in [7, 11) is 1.48. The molecule has 0 radical (unpaired) electrons. The zero-order chi connectivity index (χ0) is 22.7. The molecule has 0 bridgehead atoms. The van der Waals surface area contributed by atoms with E-state index in [2.05, 4.69) is 5.92 Å². The van der Waals surface area contributed by atoms with Gasteiger partial charge >= 0.3 is 0 Å². The van der Waals surface area contributed by atoms with Gasteiger partial charge in [0.15, 0.2) is 11.5 Å². The highest BCUT2D eigenvalue weighted by Gasteiger charge is 2.35. The minimum Gasteiger partial charge on any atom is -0.493 e. The Balaban J connectivity index is 1.58. The van der Waals surface area contributed by atoms with Gasteiger partial charge in [-0.15, -0.1) is 6.42 Å². The van der Waals surface area contributed by atoms with Crippen LogP contribution in [0.3, 0.4) is 0 Å². The number of imide groups is 1. The summed E-state index contributed by atoms with van der Waals surface area (Å²) in [4.78, 5) is 27.0. The number of thioether (sulfide) groups is 1. The molecule has 0 saturated carbocycles. The summed E-state index contributed by atoms with van der Waals surface area (Å²) in [6, 6.07) is 17.1. The van der Waals surface area contributed by atoms with Crippen molar-refractivity contribution in [3.05, 3.63) is 75.7 Å². The predicted octanol–water partition coefficient (Wildman–Crippen LogP) is 5.75. The van der Waals surface area contributed by atoms with E-state index in [1.165, 1.54) is 12.0 Å². The van der Waals surface area contributed by atoms with E-state index in [0.29, 0.717) is 27.0 Å². The molecule has 3 aromatic carbocycles. The fraction of sp³-hybridized carbons (Fsp3) is 0.120. The predicted molar refractivity (Wildman–Crippen MR) is 128 cm³/mol. The molecule has 5 nitrogen and oxygen atoms in total. The van der Waals surface area contributed by atoms with Crippen LogP contribution < -0.4 is 9.47 Å². The van der Waals surface area contributed by atoms with Gasteiger partial charge in [0, 0.05) is 0 Å². The second kappa shape index (κ2) is 9.39. The highest BCUT2D eigenvalue weighted by molar-refractivity contribution is 8.18. The number of rotatable bonds is 6. The summed E-state index contributed by atoms with van der Waals surface area (Å²) in [6.45, 7) is 0.249. The lowest BCUT2D eigenvalue weighted by Gasteiger charge is -2.13. The quantitative estimate of drug-likeness (QED) is 0.344. The van der Waals surface area contributed by atoms with Crippen molar-refractivity contribution >= 4 is 51.4 Å². The van der Waals surface area contributed by atoms with Crippen LogP contribution in [0.2, 0.25) is 5.02 Å². The molecule has 0 atom stereocenters. The lowest BCUT2D eigenvalue weighted by molar-refractivity contribution is -0.123. The summed E-state index contributed by atoms with van der Waals surface area (Å²) in [5.41, 5.74) is 1.49. The first kappa shape index (κ1) is 21.8. The van der Waals surface area contributed by atoms with Crippen LogP contribution in [-0.2, 0) is 11.3 Å². The number of nitrogens with zero attached hydrogens (tertiary/aromatic N) is 1. The van der Waals surface area contributed by atoms with Gasteiger partial charge in [-0.2, -0.15) is 0 Å². The minimum absolute atomic E-state index is 0.0447. The van der Waals surface area contributed by atoms with Crippen molar-refractivity contribution in [1.82, 2.24) is 4.90 Å². The zero-order valence-electron chi connectivity index (χ0n) is 17.1. The van der Waals surface area contributed by atoms with Crippen LogP contribution in [0.4, 0.5) is 4.79 Å². The van der Waals surface area contributed by atoms with E-state index in [4.69, 9.17) is 27.5 Å². The van der Waals surface area contributed by atoms with Gasteiger partial charge in [-0.25, -0.2) is 0 Å². The SMILES string of the molecule is C#CCOc1c(Cl)cc(/C=C2\SC(=O)N(Cc3ccc4ccccc4c3)C2=O)cc1OC. The molecule has 1 saturated heterocycles. The lowest BCUT2D eigenvalue weighted by atomic mass is 10.1. The zero-order valence-corrected chi connectivity index (χ0v) is 18.7. The molecule has 0 unspecified atom stereocenters. The Hall–Kier alpha value is -3.40. The van der Waals surface area contributed by atoms with Gasteiger partial charge < -0.3 is 9.47 Å². The third kappa shape index (κ3) is 4.45. The Bertz CT molecular complexity index is 1290. The molecule has 160 valence electrons. The number of hydrogen-bond donors (Lipinski definition) is 0. The maximum atomic E-state index is 12.9. The normalized spacial score (nSPS) is 14.8. The molecule has 1 fully saturated rings. The van der Waals surface area contributed by atoms with Crippen molar-refractivity contribution in [2.45, 2.75) is 6.54 Å². The van der Waals surface area contributed by atoms with Gasteiger partial charge in [0.1, 0.15) is 6.61 Å². The van der Waals surface area contributed by atoms with Crippen LogP contribution in [0.1, 0.15) is 11.1 Å². The summed E-state index contributed by atoms with van der Waals surface area (Å²) < 4.78 is 10.8. The van der Waals surface area contributed by atoms with Crippen LogP contribution in [-0.4, -0.2) is 29.8 Å². The van der Waals surface area contributed by atoms with E-state index < -0.39 is 0 Å². The van der Waals surface area contributed by atoms with Gasteiger partial charge in [-0.3, -0.25) is 14.5 Å². The highest BCUT2D eigenvalue weighted by Crippen LogP contribution is 2.39. The molecule has 0 N–H and O–H groups in total. The fourth-order valence-electron chi connectivity index (χ4n) is 3.38. The molecule has 4 rings (SSSR count). The molecule has 32 heavy (non-hydrogen) atoms. The Labute approximate surface area is 194 Å². The third-order valence-corrected chi connectivity index (χ3v) is 6.07. The Morgan fingerprint density at radius 1 is 1.12 bits per heavy atom.